The molecule has 3 rings (SSSR count). The minimum absolute atomic E-state index is 0.0946. The van der Waals surface area contributed by atoms with Crippen molar-refractivity contribution in [1.29, 1.82) is 0 Å². The molecule has 10 nitrogen and oxygen atoms in total. The maximum absolute atomic E-state index is 10.6. The summed E-state index contributed by atoms with van der Waals surface area (Å²) in [6.45, 7) is 1.71. The number of hydrogen-bond acceptors (Lipinski definition) is 8. The van der Waals surface area contributed by atoms with Gasteiger partial charge in [0.2, 0.25) is 11.8 Å². The first-order chi connectivity index (χ1) is 17.6. The topological polar surface area (TPSA) is 159 Å². The summed E-state index contributed by atoms with van der Waals surface area (Å²) in [6, 6.07) is 17.3. The van der Waals surface area contributed by atoms with Crippen LogP contribution in [0.1, 0.15) is 12.3 Å². The molecule has 37 heavy (non-hydrogen) atoms. The number of nitrogens with two attached hydrogens (primary N) is 2. The van der Waals surface area contributed by atoms with Crippen LogP contribution in [0.25, 0.3) is 11.5 Å². The van der Waals surface area contributed by atoms with Crippen molar-refractivity contribution in [3.8, 4) is 23.0 Å². The third-order valence-corrected chi connectivity index (χ3v) is 5.05. The van der Waals surface area contributed by atoms with Gasteiger partial charge >= 0.3 is 12.1 Å². The van der Waals surface area contributed by atoms with Crippen LogP contribution in [-0.4, -0.2) is 58.9 Å². The zero-order valence-electron chi connectivity index (χ0n) is 19.6. The number of aliphatic imine (C=N–C) groups is 1. The Kier molecular flexibility index (Phi) is 12.1. The summed E-state index contributed by atoms with van der Waals surface area (Å²) in [5.74, 6) is 1.53. The number of carboxylic acid groups (broad SMARTS) is 1. The maximum atomic E-state index is 10.6. The van der Waals surface area contributed by atoms with Crippen LogP contribution in [0.3, 0.4) is 0 Å². The molecule has 0 atom stereocenters. The SMILES string of the molecule is NC(N)=NCCCOc1ccc(-c2nnc(CSCCOc3ccccc3)o2)cc1.O=C(O)C(F)(F)F. The van der Waals surface area contributed by atoms with E-state index in [4.69, 9.17) is 35.3 Å². The number of guanidine groups is 1. The van der Waals surface area contributed by atoms with E-state index in [0.29, 0.717) is 37.3 Å². The molecule has 200 valence electrons. The smallest absolute Gasteiger partial charge is 0.490 e. The van der Waals surface area contributed by atoms with Gasteiger partial charge in [-0.05, 0) is 36.4 Å². The summed E-state index contributed by atoms with van der Waals surface area (Å²) in [6.07, 6.45) is -4.35. The minimum atomic E-state index is -5.08. The number of carboxylic acids is 1. The van der Waals surface area contributed by atoms with Crippen molar-refractivity contribution in [3.63, 3.8) is 0 Å². The van der Waals surface area contributed by atoms with Gasteiger partial charge in [-0.1, -0.05) is 18.2 Å². The summed E-state index contributed by atoms with van der Waals surface area (Å²) in [7, 11) is 0. The van der Waals surface area contributed by atoms with E-state index in [1.807, 2.05) is 54.6 Å². The molecule has 5 N–H and O–H groups in total. The van der Waals surface area contributed by atoms with Gasteiger partial charge in [0.25, 0.3) is 0 Å². The summed E-state index contributed by atoms with van der Waals surface area (Å²) in [5.41, 5.74) is 11.4. The van der Waals surface area contributed by atoms with Crippen LogP contribution in [-0.2, 0) is 10.5 Å². The third-order valence-electron chi connectivity index (χ3n) is 4.14. The quantitative estimate of drug-likeness (QED) is 0.175. The number of ether oxygens (including phenoxy) is 2. The number of thioether (sulfide) groups is 1. The van der Waals surface area contributed by atoms with Crippen molar-refractivity contribution >= 4 is 23.7 Å². The summed E-state index contributed by atoms with van der Waals surface area (Å²) in [5, 5.41) is 15.4. The zero-order valence-corrected chi connectivity index (χ0v) is 20.4. The molecule has 0 spiro atoms. The van der Waals surface area contributed by atoms with Gasteiger partial charge in [0.1, 0.15) is 11.5 Å². The van der Waals surface area contributed by atoms with E-state index in [0.717, 1.165) is 29.2 Å². The summed E-state index contributed by atoms with van der Waals surface area (Å²) >= 11 is 1.69. The Morgan fingerprint density at radius 3 is 2.24 bits per heavy atom. The third kappa shape index (κ3) is 12.0. The van der Waals surface area contributed by atoms with Crippen molar-refractivity contribution in [2.45, 2.75) is 18.3 Å². The Balaban J connectivity index is 0.000000604. The van der Waals surface area contributed by atoms with E-state index < -0.39 is 12.1 Å². The Morgan fingerprint density at radius 2 is 1.62 bits per heavy atom. The monoisotopic (exact) mass is 541 g/mol. The number of aromatic nitrogens is 2. The molecule has 0 saturated heterocycles. The largest absolute Gasteiger partial charge is 0.494 e. The number of rotatable bonds is 12. The second kappa shape index (κ2) is 15.2. The number of para-hydroxylation sites is 1. The molecule has 0 aliphatic carbocycles. The minimum Gasteiger partial charge on any atom is -0.494 e. The molecule has 0 amide bonds. The maximum Gasteiger partial charge on any atom is 0.490 e. The fraction of sp³-hybridized carbons (Fsp3) is 0.304. The number of aliphatic carboxylic acids is 1. The lowest BCUT2D eigenvalue weighted by Crippen LogP contribution is -2.23. The number of nitrogens with zero attached hydrogens (tertiary/aromatic N) is 3. The standard InChI is InChI=1S/C21H25N5O3S.C2HF3O2/c22-21(23)24-11-4-12-27-18-9-7-16(8-10-18)20-26-25-19(29-20)15-30-14-13-28-17-5-2-1-3-6-17;3-2(4,5)1(6)7/h1-3,5-10H,4,11-15H2,(H4,22,23,24);(H,6,7). The zero-order chi connectivity index (χ0) is 27.1. The van der Waals surface area contributed by atoms with E-state index in [-0.39, 0.29) is 5.96 Å². The number of benzene rings is 2. The van der Waals surface area contributed by atoms with Gasteiger partial charge in [-0.2, -0.15) is 13.2 Å². The van der Waals surface area contributed by atoms with Crippen LogP contribution in [0.2, 0.25) is 0 Å². The Morgan fingerprint density at radius 1 is 1.00 bits per heavy atom. The van der Waals surface area contributed by atoms with Crippen LogP contribution in [0.5, 0.6) is 11.5 Å². The molecule has 2 aromatic carbocycles. The Labute approximate surface area is 214 Å². The second-order valence-electron chi connectivity index (χ2n) is 7.05. The molecule has 0 saturated carbocycles. The summed E-state index contributed by atoms with van der Waals surface area (Å²) < 4.78 is 48.8. The van der Waals surface area contributed by atoms with Gasteiger partial charge in [0, 0.05) is 24.3 Å². The molecule has 0 aliphatic rings. The van der Waals surface area contributed by atoms with Crippen molar-refractivity contribution in [1.82, 2.24) is 10.2 Å². The Hall–Kier alpha value is -3.94. The van der Waals surface area contributed by atoms with E-state index in [1.165, 1.54) is 0 Å². The highest BCUT2D eigenvalue weighted by Gasteiger charge is 2.38. The highest BCUT2D eigenvalue weighted by atomic mass is 32.2. The molecule has 0 aliphatic heterocycles. The van der Waals surface area contributed by atoms with E-state index in [1.54, 1.807) is 11.8 Å². The molecule has 3 aromatic rings. The number of hydrogen-bond donors (Lipinski definition) is 3. The molecule has 14 heteroatoms. The first-order valence-corrected chi connectivity index (χ1v) is 12.0. The lowest BCUT2D eigenvalue weighted by Gasteiger charge is -2.05. The lowest BCUT2D eigenvalue weighted by atomic mass is 10.2. The van der Waals surface area contributed by atoms with Crippen molar-refractivity contribution in [2.24, 2.45) is 16.5 Å². The van der Waals surface area contributed by atoms with Crippen LogP contribution in [0.15, 0.2) is 64.0 Å². The van der Waals surface area contributed by atoms with Crippen LogP contribution >= 0.6 is 11.8 Å². The van der Waals surface area contributed by atoms with Crippen molar-refractivity contribution < 1.29 is 37.0 Å². The average Bonchev–Trinajstić information content (AvgIpc) is 3.33. The van der Waals surface area contributed by atoms with Gasteiger partial charge in [0.05, 0.1) is 19.0 Å². The van der Waals surface area contributed by atoms with Gasteiger partial charge in [-0.3, -0.25) is 4.99 Å². The van der Waals surface area contributed by atoms with E-state index >= 15 is 0 Å². The molecule has 0 fully saturated rings. The molecule has 0 radical (unpaired) electrons. The molecule has 0 unspecified atom stereocenters. The normalized spacial score (nSPS) is 10.7. The van der Waals surface area contributed by atoms with E-state index in [9.17, 15) is 13.2 Å². The summed E-state index contributed by atoms with van der Waals surface area (Å²) in [4.78, 5) is 12.8. The molecule has 1 heterocycles. The van der Waals surface area contributed by atoms with Gasteiger partial charge in [-0.25, -0.2) is 4.79 Å². The van der Waals surface area contributed by atoms with Gasteiger partial charge in [-0.15, -0.1) is 22.0 Å². The first kappa shape index (κ1) is 29.3. The predicted octanol–water partition coefficient (Wildman–Crippen LogP) is 3.72. The molecule has 0 bridgehead atoms. The predicted molar refractivity (Wildman–Crippen MR) is 132 cm³/mol. The van der Waals surface area contributed by atoms with Crippen LogP contribution in [0.4, 0.5) is 13.2 Å². The lowest BCUT2D eigenvalue weighted by molar-refractivity contribution is -0.192. The van der Waals surface area contributed by atoms with Gasteiger partial charge < -0.3 is 30.5 Å². The molecular formula is C23H26F3N5O5S. The number of alkyl halides is 3. The molecular weight excluding hydrogens is 515 g/mol. The highest BCUT2D eigenvalue weighted by molar-refractivity contribution is 7.98. The first-order valence-electron chi connectivity index (χ1n) is 10.8. The number of halogens is 3. The highest BCUT2D eigenvalue weighted by Crippen LogP contribution is 2.23. The van der Waals surface area contributed by atoms with Crippen molar-refractivity contribution in [2.75, 3.05) is 25.5 Å². The Bertz CT molecular complexity index is 1110. The fourth-order valence-electron chi connectivity index (χ4n) is 2.48. The second-order valence-corrected chi connectivity index (χ2v) is 8.16. The number of carbonyl (C=O) groups is 1. The van der Waals surface area contributed by atoms with Crippen LogP contribution in [0, 0.1) is 0 Å². The van der Waals surface area contributed by atoms with Gasteiger partial charge in [0.15, 0.2) is 5.96 Å². The van der Waals surface area contributed by atoms with Crippen LogP contribution < -0.4 is 20.9 Å². The average molecular weight is 542 g/mol. The molecule has 1 aromatic heterocycles. The van der Waals surface area contributed by atoms with E-state index in [2.05, 4.69) is 15.2 Å². The van der Waals surface area contributed by atoms with Crippen molar-refractivity contribution in [3.05, 3.63) is 60.5 Å². The fourth-order valence-corrected chi connectivity index (χ4v) is 3.12.